The molecule has 5 N–H and O–H groups in total. The van der Waals surface area contributed by atoms with Crippen molar-refractivity contribution < 1.29 is 109 Å². The number of amides is 9. The molecule has 124 heavy (non-hydrogen) atoms. The minimum Gasteiger partial charge on any atom is -0.494 e. The van der Waals surface area contributed by atoms with Crippen LogP contribution in [0.3, 0.4) is 0 Å². The average Bonchev–Trinajstić information content (AvgIpc) is 1.47. The molecule has 4 aromatic rings. The van der Waals surface area contributed by atoms with Gasteiger partial charge in [0.2, 0.25) is 41.4 Å². The van der Waals surface area contributed by atoms with Gasteiger partial charge < -0.3 is 69.7 Å². The first-order chi connectivity index (χ1) is 59.5. The van der Waals surface area contributed by atoms with Crippen molar-refractivity contribution in [1.82, 2.24) is 85.1 Å². The fourth-order valence-electron chi connectivity index (χ4n) is 16.6. The number of nitriles is 1. The number of fused-ring (bicyclic) bond motifs is 2. The minimum atomic E-state index is -3.21. The van der Waals surface area contributed by atoms with E-state index in [1.165, 1.54) is 24.5 Å². The molecule has 10 rings (SSSR count). The van der Waals surface area contributed by atoms with Crippen LogP contribution in [0.4, 0.5) is 17.6 Å². The number of rotatable bonds is 46. The summed E-state index contributed by atoms with van der Waals surface area (Å²) in [7, 11) is 3.61. The fourth-order valence-corrected chi connectivity index (χ4v) is 16.6. The van der Waals surface area contributed by atoms with Crippen molar-refractivity contribution in [3.8, 4) is 17.6 Å². The van der Waals surface area contributed by atoms with E-state index in [1.54, 1.807) is 86.0 Å². The molecule has 2 aromatic carbocycles. The molecule has 38 nitrogen and oxygen atoms in total. The van der Waals surface area contributed by atoms with Gasteiger partial charge in [-0.05, 0) is 120 Å². The third kappa shape index (κ3) is 26.7. The number of benzene rings is 2. The van der Waals surface area contributed by atoms with Crippen LogP contribution in [0.25, 0.3) is 26.7 Å². The summed E-state index contributed by atoms with van der Waals surface area (Å²) in [6, 6.07) is 12.4. The number of likely N-dealkylation sites (N-methyl/N-ethyl adjacent to an activating group) is 2. The summed E-state index contributed by atoms with van der Waals surface area (Å²) < 4.78 is 83.5. The number of carbonyl (C=O) groups is 13. The summed E-state index contributed by atoms with van der Waals surface area (Å²) in [6.45, 7) is 7.35. The third-order valence-electron chi connectivity index (χ3n) is 23.3. The van der Waals surface area contributed by atoms with E-state index in [0.29, 0.717) is 143 Å². The van der Waals surface area contributed by atoms with Crippen molar-refractivity contribution in [3.05, 3.63) is 83.5 Å². The highest BCUT2D eigenvalue weighted by Gasteiger charge is 2.52. The summed E-state index contributed by atoms with van der Waals surface area (Å²) in [5.74, 6) is -10.8. The lowest BCUT2D eigenvalue weighted by Gasteiger charge is -2.45. The second-order valence-corrected chi connectivity index (χ2v) is 32.1. The highest BCUT2D eigenvalue weighted by Crippen LogP contribution is 2.35. The van der Waals surface area contributed by atoms with Crippen LogP contribution in [0.1, 0.15) is 104 Å². The molecule has 9 amide bonds. The number of hydrogen-bond donors (Lipinski definition) is 5. The van der Waals surface area contributed by atoms with Gasteiger partial charge in [0.1, 0.15) is 44.2 Å². The molecule has 42 heteroatoms. The Bertz CT molecular complexity index is 4320. The maximum atomic E-state index is 14.6. The van der Waals surface area contributed by atoms with Gasteiger partial charge in [-0.2, -0.15) is 5.26 Å². The highest BCUT2D eigenvalue weighted by molar-refractivity contribution is 6.08. The maximum Gasteiger partial charge on any atom is 0.317 e. The highest BCUT2D eigenvalue weighted by atomic mass is 19.3. The monoisotopic (exact) mass is 1740 g/mol. The number of unbranched alkanes of at least 4 members (excludes halogenated alkanes) is 3. The van der Waals surface area contributed by atoms with E-state index in [-0.39, 0.29) is 177 Å². The van der Waals surface area contributed by atoms with Crippen molar-refractivity contribution in [2.45, 2.75) is 131 Å². The van der Waals surface area contributed by atoms with Crippen LogP contribution in [0.5, 0.6) is 11.5 Å². The van der Waals surface area contributed by atoms with Gasteiger partial charge in [-0.15, -0.1) is 0 Å². The first kappa shape index (κ1) is 94.7. The van der Waals surface area contributed by atoms with E-state index in [4.69, 9.17) is 30.3 Å². The lowest BCUT2D eigenvalue weighted by Crippen LogP contribution is -2.60. The maximum absolute atomic E-state index is 14.6. The predicted octanol–water partition coefficient (Wildman–Crippen LogP) is 1.03. The zero-order valence-corrected chi connectivity index (χ0v) is 69.5. The van der Waals surface area contributed by atoms with Gasteiger partial charge in [0.25, 0.3) is 43.1 Å². The molecule has 0 spiro atoms. The Hall–Kier alpha value is -11.6. The molecule has 2 unspecified atom stereocenters. The molecular weight excluding hydrogens is 1630 g/mol. The van der Waals surface area contributed by atoms with Gasteiger partial charge in [-0.1, -0.05) is 6.42 Å². The Morgan fingerprint density at radius 1 is 0.581 bits per heavy atom. The number of nitrogens with zero attached hydrogens (tertiary/aromatic N) is 15. The number of carboxylic acids is 1. The number of pyridine rings is 2. The second-order valence-electron chi connectivity index (χ2n) is 32.1. The van der Waals surface area contributed by atoms with Crippen molar-refractivity contribution in [3.63, 3.8) is 0 Å². The van der Waals surface area contributed by atoms with Crippen LogP contribution in [-0.2, 0) is 67.0 Å². The first-order valence-electron chi connectivity index (χ1n) is 41.3. The quantitative estimate of drug-likeness (QED) is 0.0103. The number of ether oxygens (including phenoxy) is 5. The Kier molecular flexibility index (Phi) is 34.5. The topological polar surface area (TPSA) is 426 Å². The summed E-state index contributed by atoms with van der Waals surface area (Å²) in [5.41, 5.74) is 0.174. The van der Waals surface area contributed by atoms with Crippen molar-refractivity contribution in [2.24, 2.45) is 0 Å². The van der Waals surface area contributed by atoms with Crippen LogP contribution in [0, 0.1) is 17.9 Å². The SMILES string of the molecule is [C-]#[N+][C@@H]1CC(F)(F)CN1C(=O)CNC(=O)c1ccnc2ccc(OCCCCNC(=O)CN(C)[C@@H]3CCN(C(=O)CN(CC(=O)N4CC[C@@H](N(C)CC(=O)NCCCCOc5ccc6nccc(C(=O)NCC(=O)N7CC(F)(F)C[C@H]7C#N)c6c5)C4)C4CCN(C(=O)CCCCC5(N(COC=O)COC=O)CN(COC=O)CCN(CC(=O)O)C5)C4)C3)cc12. The van der Waals surface area contributed by atoms with Crippen LogP contribution in [0.15, 0.2) is 60.9 Å². The summed E-state index contributed by atoms with van der Waals surface area (Å²) in [4.78, 5) is 198. The Labute approximate surface area is 713 Å². The number of carboxylic acid groups (broad SMARTS) is 1. The molecule has 6 atom stereocenters. The van der Waals surface area contributed by atoms with Gasteiger partial charge >= 0.3 is 12.1 Å². The number of hydrogen-bond acceptors (Lipinski definition) is 27. The lowest BCUT2D eigenvalue weighted by atomic mass is 9.89. The summed E-state index contributed by atoms with van der Waals surface area (Å²) in [6.07, 6.45) is 4.75. The largest absolute Gasteiger partial charge is 0.494 e. The van der Waals surface area contributed by atoms with Crippen molar-refractivity contribution in [1.29, 1.82) is 5.26 Å². The van der Waals surface area contributed by atoms with Gasteiger partial charge in [-0.3, -0.25) is 107 Å². The standard InChI is InChI=1S/C82H107F4N19O19/c1-88-69-35-82(85,86)50-105(69)74(113)38-94-79(119)64-16-24-90-68-14-12-62(33-66(64)68)124-31-9-7-22-92-71(110)43-96(3)58-18-26-101(40-58)76(115)45-102(59-19-27-99(41-59)72(111)10-4-5-20-80(103(52-121-55-107)53-122-56-108)47-97(46-77(116)117)28-29-98(48-80)51-120-54-106)44-75(114)100-25-17-57(39-100)95(2)42-70(109)91-21-6-8-30-123-61-11-13-67-65(32-61)63(15-23-89-67)78(118)93-37-73(112)104-49-81(83,84)34-60(104)36-87/h11-16,23-24,32-33,54-60,69H,4-10,17-22,25-31,34-35,37-53H2,2-3H3,(H,91,109)(H,92,110)(H,93,118)(H,94,119)(H,116,117)/t57-,58-,59?,60+,69+,80?/m1/s1. The molecule has 672 valence electrons. The van der Waals surface area contributed by atoms with E-state index in [9.17, 15) is 90.3 Å². The molecular formula is C82H107F4N19O19. The van der Waals surface area contributed by atoms with Crippen LogP contribution in [0.2, 0.25) is 0 Å². The Balaban J connectivity index is 0.696. The molecule has 2 aromatic heterocycles. The van der Waals surface area contributed by atoms with Gasteiger partial charge in [0.05, 0.1) is 106 Å². The first-order valence-corrected chi connectivity index (χ1v) is 41.3. The number of halogens is 4. The number of aliphatic carboxylic acids is 1. The predicted molar refractivity (Wildman–Crippen MR) is 432 cm³/mol. The third-order valence-corrected chi connectivity index (χ3v) is 23.3. The number of carbonyl (C=O) groups excluding carboxylic acids is 12. The molecule has 0 radical (unpaired) electrons. The van der Waals surface area contributed by atoms with Gasteiger partial charge in [0.15, 0.2) is 0 Å². The number of aromatic nitrogens is 2. The average molecular weight is 1740 g/mol. The van der Waals surface area contributed by atoms with E-state index >= 15 is 0 Å². The van der Waals surface area contributed by atoms with E-state index in [2.05, 4.69) is 36.1 Å². The number of alkyl halides is 4. The van der Waals surface area contributed by atoms with Gasteiger partial charge in [0, 0.05) is 133 Å². The fraction of sp³-hybridized carbons (Fsp3) is 0.598. The molecule has 8 heterocycles. The molecule has 0 aliphatic carbocycles. The van der Waals surface area contributed by atoms with Crippen LogP contribution < -0.4 is 30.7 Å². The van der Waals surface area contributed by atoms with Gasteiger partial charge in [-0.25, -0.2) is 29.0 Å². The zero-order chi connectivity index (χ0) is 89.1. The van der Waals surface area contributed by atoms with Crippen molar-refractivity contribution in [2.75, 3.05) is 185 Å². The second kappa shape index (κ2) is 45.2. The Morgan fingerprint density at radius 3 is 1.58 bits per heavy atom. The molecule has 6 saturated heterocycles. The summed E-state index contributed by atoms with van der Waals surface area (Å²) >= 11 is 0. The molecule has 0 saturated carbocycles. The molecule has 6 aliphatic heterocycles. The molecule has 0 bridgehead atoms. The van der Waals surface area contributed by atoms with Crippen LogP contribution in [-0.4, -0.2) is 380 Å². The van der Waals surface area contributed by atoms with E-state index in [1.807, 2.05) is 14.7 Å². The van der Waals surface area contributed by atoms with E-state index < -0.39 is 104 Å². The molecule has 6 fully saturated rings. The summed E-state index contributed by atoms with van der Waals surface area (Å²) in [5, 5.41) is 30.9. The van der Waals surface area contributed by atoms with Crippen molar-refractivity contribution >= 4 is 100 Å². The minimum absolute atomic E-state index is 0.0323. The molecule has 6 aliphatic rings. The number of likely N-dealkylation sites (tertiary alicyclic amines) is 5. The smallest absolute Gasteiger partial charge is 0.317 e. The number of nitrogens with one attached hydrogen (secondary N) is 4. The van der Waals surface area contributed by atoms with Crippen LogP contribution >= 0.6 is 0 Å². The zero-order valence-electron chi connectivity index (χ0n) is 69.5. The lowest BCUT2D eigenvalue weighted by molar-refractivity contribution is -0.155. The van der Waals surface area contributed by atoms with E-state index in [0.717, 1.165) is 9.80 Å². The Morgan fingerprint density at radius 2 is 1.06 bits per heavy atom. The normalized spacial score (nSPS) is 20.7.